The molecule has 10 heteroatoms. The highest BCUT2D eigenvalue weighted by Gasteiger charge is 2.36. The van der Waals surface area contributed by atoms with Crippen LogP contribution in [0.5, 0.6) is 0 Å². The van der Waals surface area contributed by atoms with Crippen LogP contribution in [-0.4, -0.2) is 78.4 Å². The second-order valence-electron chi connectivity index (χ2n) is 13.3. The van der Waals surface area contributed by atoms with E-state index in [1.54, 1.807) is 4.90 Å². The maximum absolute atomic E-state index is 13.8. The highest BCUT2D eigenvalue weighted by atomic mass is 16.6. The van der Waals surface area contributed by atoms with Crippen molar-refractivity contribution in [3.05, 3.63) is 108 Å². The molecular formula is C40H45N3O7. The van der Waals surface area contributed by atoms with E-state index >= 15 is 0 Å². The number of aliphatic hydroxyl groups is 1. The van der Waals surface area contributed by atoms with Crippen molar-refractivity contribution in [1.29, 1.82) is 0 Å². The molecule has 1 aliphatic carbocycles. The van der Waals surface area contributed by atoms with Crippen LogP contribution in [0.2, 0.25) is 0 Å². The average molecular weight is 680 g/mol. The molecule has 0 radical (unpaired) electrons. The van der Waals surface area contributed by atoms with E-state index in [0.717, 1.165) is 34.2 Å². The van der Waals surface area contributed by atoms with E-state index in [1.807, 2.05) is 78.9 Å². The number of esters is 1. The molecular weight excluding hydrogens is 634 g/mol. The first kappa shape index (κ1) is 34.9. The van der Waals surface area contributed by atoms with Crippen molar-refractivity contribution in [2.45, 2.75) is 69.0 Å². The highest BCUT2D eigenvalue weighted by molar-refractivity contribution is 5.87. The Kier molecular flexibility index (Phi) is 11.6. The minimum absolute atomic E-state index is 0.00342. The van der Waals surface area contributed by atoms with Crippen molar-refractivity contribution in [3.63, 3.8) is 0 Å². The molecule has 1 saturated heterocycles. The molecule has 10 nitrogen and oxygen atoms in total. The Labute approximate surface area is 292 Å². The van der Waals surface area contributed by atoms with Crippen molar-refractivity contribution in [1.82, 2.24) is 15.5 Å². The fraction of sp³-hybridized carbons (Fsp3) is 0.400. The zero-order valence-corrected chi connectivity index (χ0v) is 28.2. The fourth-order valence-electron chi connectivity index (χ4n) is 7.33. The highest BCUT2D eigenvalue weighted by Crippen LogP contribution is 2.44. The Bertz CT molecular complexity index is 1650. The van der Waals surface area contributed by atoms with Crippen molar-refractivity contribution in [2.24, 2.45) is 5.92 Å². The van der Waals surface area contributed by atoms with Gasteiger partial charge in [0.15, 0.2) is 0 Å². The Hall–Kier alpha value is -4.96. The molecule has 0 unspecified atom stereocenters. The summed E-state index contributed by atoms with van der Waals surface area (Å²) >= 11 is 0. The van der Waals surface area contributed by atoms with Crippen LogP contribution in [0.1, 0.15) is 61.1 Å². The summed E-state index contributed by atoms with van der Waals surface area (Å²) < 4.78 is 11.4. The van der Waals surface area contributed by atoms with Gasteiger partial charge >= 0.3 is 12.1 Å². The van der Waals surface area contributed by atoms with Gasteiger partial charge < -0.3 is 30.1 Å². The van der Waals surface area contributed by atoms with Crippen LogP contribution in [0.3, 0.4) is 0 Å². The summed E-state index contributed by atoms with van der Waals surface area (Å²) in [7, 11) is 0. The van der Waals surface area contributed by atoms with Gasteiger partial charge in [-0.05, 0) is 66.3 Å². The number of nitrogens with one attached hydrogen (secondary N) is 2. The smallest absolute Gasteiger partial charge is 0.407 e. The monoisotopic (exact) mass is 679 g/mol. The quantitative estimate of drug-likeness (QED) is 0.217. The lowest BCUT2D eigenvalue weighted by Gasteiger charge is -2.29. The summed E-state index contributed by atoms with van der Waals surface area (Å²) in [5, 5.41) is 15.6. The SMILES string of the molecule is O=C(C[C@H]1CC=CCC[C@H](NC(=O)OCC2c3ccccc3-c3ccccc32)C(=O)OC[C@@H]2CCCN2C1=O)N[C@@H](CO)Cc1ccccc1. The van der Waals surface area contributed by atoms with E-state index < -0.39 is 30.1 Å². The van der Waals surface area contributed by atoms with Gasteiger partial charge in [0.1, 0.15) is 19.3 Å². The number of fused-ring (bicyclic) bond motifs is 4. The maximum atomic E-state index is 13.8. The molecule has 2 heterocycles. The Balaban J connectivity index is 1.07. The number of cyclic esters (lactones) is 1. The molecule has 0 saturated carbocycles. The predicted octanol–water partition coefficient (Wildman–Crippen LogP) is 4.89. The van der Waals surface area contributed by atoms with Crippen LogP contribution in [-0.2, 0) is 30.3 Å². The first-order chi connectivity index (χ1) is 24.4. The molecule has 3 aliphatic rings. The Morgan fingerprint density at radius 2 is 1.62 bits per heavy atom. The summed E-state index contributed by atoms with van der Waals surface area (Å²) in [5.74, 6) is -1.74. The molecule has 4 atom stereocenters. The van der Waals surface area contributed by atoms with Crippen LogP contribution < -0.4 is 10.6 Å². The largest absolute Gasteiger partial charge is 0.462 e. The number of alkyl carbamates (subject to hydrolysis) is 1. The summed E-state index contributed by atoms with van der Waals surface area (Å²) in [6, 6.07) is 24.1. The number of benzene rings is 3. The fourth-order valence-corrected chi connectivity index (χ4v) is 7.33. The predicted molar refractivity (Wildman–Crippen MR) is 188 cm³/mol. The molecule has 2 aliphatic heterocycles. The number of carbonyl (C=O) groups is 4. The van der Waals surface area contributed by atoms with Crippen LogP contribution in [0.15, 0.2) is 91.0 Å². The first-order valence-electron chi connectivity index (χ1n) is 17.6. The van der Waals surface area contributed by atoms with Gasteiger partial charge in [-0.2, -0.15) is 0 Å². The molecule has 3 amide bonds. The van der Waals surface area contributed by atoms with E-state index in [4.69, 9.17) is 9.47 Å². The Morgan fingerprint density at radius 1 is 0.920 bits per heavy atom. The van der Waals surface area contributed by atoms with E-state index in [9.17, 15) is 24.3 Å². The molecule has 50 heavy (non-hydrogen) atoms. The third-order valence-electron chi connectivity index (χ3n) is 9.90. The number of amides is 3. The maximum Gasteiger partial charge on any atom is 0.407 e. The van der Waals surface area contributed by atoms with Gasteiger partial charge in [0, 0.05) is 18.9 Å². The number of rotatable bonds is 9. The summed E-state index contributed by atoms with van der Waals surface area (Å²) in [4.78, 5) is 55.0. The number of nitrogens with zero attached hydrogens (tertiary/aromatic N) is 1. The van der Waals surface area contributed by atoms with Gasteiger partial charge in [-0.15, -0.1) is 0 Å². The van der Waals surface area contributed by atoms with E-state index in [0.29, 0.717) is 32.2 Å². The van der Waals surface area contributed by atoms with E-state index in [-0.39, 0.29) is 56.4 Å². The lowest BCUT2D eigenvalue weighted by Crippen LogP contribution is -2.46. The van der Waals surface area contributed by atoms with Crippen LogP contribution in [0, 0.1) is 5.92 Å². The molecule has 1 fully saturated rings. The van der Waals surface area contributed by atoms with Crippen molar-refractivity contribution in [2.75, 3.05) is 26.4 Å². The number of hydrogen-bond donors (Lipinski definition) is 3. The molecule has 6 rings (SSSR count). The third-order valence-corrected chi connectivity index (χ3v) is 9.90. The van der Waals surface area contributed by atoms with Crippen LogP contribution >= 0.6 is 0 Å². The summed E-state index contributed by atoms with van der Waals surface area (Å²) in [6.07, 6.45) is 5.98. The van der Waals surface area contributed by atoms with E-state index in [2.05, 4.69) is 22.8 Å². The van der Waals surface area contributed by atoms with Crippen molar-refractivity contribution in [3.8, 4) is 11.1 Å². The van der Waals surface area contributed by atoms with Gasteiger partial charge in [0.2, 0.25) is 11.8 Å². The second-order valence-corrected chi connectivity index (χ2v) is 13.3. The lowest BCUT2D eigenvalue weighted by molar-refractivity contribution is -0.150. The number of hydrogen-bond acceptors (Lipinski definition) is 7. The molecule has 262 valence electrons. The second kappa shape index (κ2) is 16.6. The first-order valence-corrected chi connectivity index (χ1v) is 17.6. The van der Waals surface area contributed by atoms with Crippen molar-refractivity contribution < 1.29 is 33.8 Å². The normalized spacial score (nSPS) is 21.4. The summed E-state index contributed by atoms with van der Waals surface area (Å²) in [6.45, 7) is 0.423. The van der Waals surface area contributed by atoms with Gasteiger partial charge in [-0.25, -0.2) is 9.59 Å². The van der Waals surface area contributed by atoms with Crippen LogP contribution in [0.4, 0.5) is 4.79 Å². The minimum Gasteiger partial charge on any atom is -0.462 e. The topological polar surface area (TPSA) is 134 Å². The molecule has 3 aromatic carbocycles. The molecule has 0 spiro atoms. The Morgan fingerprint density at radius 3 is 2.34 bits per heavy atom. The molecule has 3 N–H and O–H groups in total. The number of aliphatic hydroxyl groups excluding tert-OH is 1. The molecule has 0 aromatic heterocycles. The van der Waals surface area contributed by atoms with Crippen molar-refractivity contribution >= 4 is 23.9 Å². The average Bonchev–Trinajstić information content (AvgIpc) is 3.74. The minimum atomic E-state index is -0.928. The third kappa shape index (κ3) is 8.42. The van der Waals surface area contributed by atoms with Crippen LogP contribution in [0.25, 0.3) is 11.1 Å². The lowest BCUT2D eigenvalue weighted by atomic mass is 9.97. The van der Waals surface area contributed by atoms with Gasteiger partial charge in [-0.1, -0.05) is 91.0 Å². The van der Waals surface area contributed by atoms with Gasteiger partial charge in [-0.3, -0.25) is 9.59 Å². The zero-order valence-electron chi connectivity index (χ0n) is 28.2. The standard InChI is InChI=1S/C40H45N3O7/c44-24-29(22-27-12-3-1-4-13-27)41-37(45)23-28-14-5-2-6-20-36(39(47)49-25-30-15-11-21-43(30)38(28)46)42-40(48)50-26-35-33-18-9-7-16-31(33)32-17-8-10-19-34(32)35/h1-5,7-10,12-13,16-19,28-30,35-36,44H,6,11,14-15,20-26H2,(H,41,45)(H,42,48)/t28-,29-,30+,36+/m1/s1. The van der Waals surface area contributed by atoms with Gasteiger partial charge in [0.05, 0.1) is 24.6 Å². The van der Waals surface area contributed by atoms with Gasteiger partial charge in [0.25, 0.3) is 0 Å². The molecule has 0 bridgehead atoms. The van der Waals surface area contributed by atoms with E-state index in [1.165, 1.54) is 0 Å². The zero-order chi connectivity index (χ0) is 34.9. The number of carbonyl (C=O) groups excluding carboxylic acids is 4. The number of ether oxygens (including phenoxy) is 2. The summed E-state index contributed by atoms with van der Waals surface area (Å²) in [5.41, 5.74) is 5.44. The molecule has 3 aromatic rings. The number of allylic oxidation sites excluding steroid dienone is 2.